The minimum Gasteiger partial charge on any atom is -0.493 e. The van der Waals surface area contributed by atoms with E-state index >= 15 is 0 Å². The van der Waals surface area contributed by atoms with Gasteiger partial charge in [0.2, 0.25) is 0 Å². The number of aromatic nitrogens is 2. The average Bonchev–Trinajstić information content (AvgIpc) is 3.43. The maximum atomic E-state index is 12.5. The van der Waals surface area contributed by atoms with E-state index in [1.807, 2.05) is 36.4 Å². The van der Waals surface area contributed by atoms with Crippen molar-refractivity contribution < 1.29 is 23.8 Å². The number of hydrogen-bond donors (Lipinski definition) is 2. The van der Waals surface area contributed by atoms with Gasteiger partial charge < -0.3 is 14.2 Å². The Labute approximate surface area is 207 Å². The first-order chi connectivity index (χ1) is 17.6. The molecule has 0 aliphatic heterocycles. The predicted molar refractivity (Wildman–Crippen MR) is 134 cm³/mol. The third-order valence-electron chi connectivity index (χ3n) is 5.23. The van der Waals surface area contributed by atoms with E-state index in [0.717, 1.165) is 11.1 Å². The van der Waals surface area contributed by atoms with Crippen LogP contribution in [0.5, 0.6) is 11.5 Å². The second-order valence-electron chi connectivity index (χ2n) is 7.62. The van der Waals surface area contributed by atoms with Gasteiger partial charge in [0.15, 0.2) is 11.5 Å². The van der Waals surface area contributed by atoms with Crippen molar-refractivity contribution in [3.05, 3.63) is 101 Å². The van der Waals surface area contributed by atoms with Crippen LogP contribution in [0.4, 0.5) is 0 Å². The molecule has 182 valence electrons. The van der Waals surface area contributed by atoms with Crippen molar-refractivity contribution in [3.8, 4) is 22.8 Å². The molecule has 4 rings (SSSR count). The highest BCUT2D eigenvalue weighted by Gasteiger charge is 2.13. The molecule has 3 aromatic carbocycles. The number of aromatic amines is 1. The molecule has 9 heteroatoms. The Hall–Kier alpha value is -4.92. The van der Waals surface area contributed by atoms with Crippen molar-refractivity contribution in [3.63, 3.8) is 0 Å². The molecule has 1 aromatic heterocycles. The minimum atomic E-state index is -0.453. The zero-order valence-corrected chi connectivity index (χ0v) is 19.7. The first kappa shape index (κ1) is 24.2. The van der Waals surface area contributed by atoms with Crippen LogP contribution in [0.15, 0.2) is 84.0 Å². The van der Waals surface area contributed by atoms with Crippen molar-refractivity contribution in [2.24, 2.45) is 5.10 Å². The molecule has 36 heavy (non-hydrogen) atoms. The number of hydrazone groups is 1. The summed E-state index contributed by atoms with van der Waals surface area (Å²) in [5.74, 6) is 0.285. The van der Waals surface area contributed by atoms with E-state index in [-0.39, 0.29) is 5.69 Å². The van der Waals surface area contributed by atoms with Gasteiger partial charge in [-0.25, -0.2) is 10.2 Å². The van der Waals surface area contributed by atoms with Crippen molar-refractivity contribution >= 4 is 18.1 Å². The summed E-state index contributed by atoms with van der Waals surface area (Å²) in [4.78, 5) is 23.9. The lowest BCUT2D eigenvalue weighted by molar-refractivity contribution is 0.0600. The SMILES string of the molecule is COC(=O)c1ccc(/C=N/NC(=O)c2cc(-c3ccc(OCc4ccccc4)c(OC)c3)n[nH]2)cc1. The quantitative estimate of drug-likeness (QED) is 0.209. The fourth-order valence-corrected chi connectivity index (χ4v) is 3.32. The summed E-state index contributed by atoms with van der Waals surface area (Å²) < 4.78 is 16.0. The Morgan fingerprint density at radius 1 is 0.972 bits per heavy atom. The van der Waals surface area contributed by atoms with Crippen LogP contribution >= 0.6 is 0 Å². The summed E-state index contributed by atoms with van der Waals surface area (Å²) in [6, 6.07) is 23.5. The Kier molecular flexibility index (Phi) is 7.72. The number of carbonyl (C=O) groups excluding carboxylic acids is 2. The number of esters is 1. The number of carbonyl (C=O) groups is 2. The van der Waals surface area contributed by atoms with Crippen LogP contribution < -0.4 is 14.9 Å². The van der Waals surface area contributed by atoms with E-state index in [1.54, 1.807) is 49.6 Å². The van der Waals surface area contributed by atoms with Gasteiger partial charge in [-0.3, -0.25) is 9.89 Å². The van der Waals surface area contributed by atoms with Crippen LogP contribution in [0.2, 0.25) is 0 Å². The van der Waals surface area contributed by atoms with Crippen LogP contribution in [0.25, 0.3) is 11.3 Å². The second kappa shape index (κ2) is 11.5. The molecule has 0 atom stereocenters. The molecule has 9 nitrogen and oxygen atoms in total. The lowest BCUT2D eigenvalue weighted by atomic mass is 10.1. The Balaban J connectivity index is 1.38. The third-order valence-corrected chi connectivity index (χ3v) is 5.23. The van der Waals surface area contributed by atoms with E-state index < -0.39 is 11.9 Å². The van der Waals surface area contributed by atoms with Gasteiger partial charge in [-0.2, -0.15) is 10.2 Å². The molecule has 0 saturated carbocycles. The fourth-order valence-electron chi connectivity index (χ4n) is 3.32. The van der Waals surface area contributed by atoms with Crippen molar-refractivity contribution in [1.29, 1.82) is 0 Å². The zero-order valence-electron chi connectivity index (χ0n) is 19.7. The van der Waals surface area contributed by atoms with Crippen LogP contribution in [0, 0.1) is 0 Å². The van der Waals surface area contributed by atoms with Gasteiger partial charge in [0.25, 0.3) is 5.91 Å². The fraction of sp³-hybridized carbons (Fsp3) is 0.111. The molecule has 0 spiro atoms. The zero-order chi connectivity index (χ0) is 25.3. The molecule has 0 bridgehead atoms. The first-order valence-corrected chi connectivity index (χ1v) is 11.0. The third kappa shape index (κ3) is 5.95. The van der Waals surface area contributed by atoms with Crippen LogP contribution in [-0.2, 0) is 11.3 Å². The molecule has 1 amide bonds. The monoisotopic (exact) mass is 484 g/mol. The number of H-pyrrole nitrogens is 1. The molecule has 0 unspecified atom stereocenters. The Morgan fingerprint density at radius 2 is 1.75 bits per heavy atom. The van der Waals surface area contributed by atoms with Crippen molar-refractivity contribution in [2.75, 3.05) is 14.2 Å². The summed E-state index contributed by atoms with van der Waals surface area (Å²) in [7, 11) is 2.89. The summed E-state index contributed by atoms with van der Waals surface area (Å²) in [5, 5.41) is 10.9. The molecule has 0 fully saturated rings. The number of ether oxygens (including phenoxy) is 3. The topological polar surface area (TPSA) is 115 Å². The van der Waals surface area contributed by atoms with Gasteiger partial charge in [-0.15, -0.1) is 0 Å². The first-order valence-electron chi connectivity index (χ1n) is 11.0. The summed E-state index contributed by atoms with van der Waals surface area (Å²) in [5.41, 5.74) is 6.19. The van der Waals surface area contributed by atoms with Crippen molar-refractivity contribution in [1.82, 2.24) is 15.6 Å². The molecule has 0 radical (unpaired) electrons. The molecular formula is C27H24N4O5. The molecule has 0 saturated heterocycles. The predicted octanol–water partition coefficient (Wildman–Crippen LogP) is 4.21. The van der Waals surface area contributed by atoms with E-state index in [0.29, 0.717) is 34.9 Å². The summed E-state index contributed by atoms with van der Waals surface area (Å²) in [6.45, 7) is 0.416. The summed E-state index contributed by atoms with van der Waals surface area (Å²) >= 11 is 0. The van der Waals surface area contributed by atoms with E-state index in [9.17, 15) is 9.59 Å². The highest BCUT2D eigenvalue weighted by Crippen LogP contribution is 2.32. The maximum absolute atomic E-state index is 12.5. The van der Waals surface area contributed by atoms with Gasteiger partial charge in [0, 0.05) is 5.56 Å². The van der Waals surface area contributed by atoms with Gasteiger partial charge in [0.1, 0.15) is 12.3 Å². The Bertz CT molecular complexity index is 1360. The van der Waals surface area contributed by atoms with Crippen LogP contribution in [0.3, 0.4) is 0 Å². The van der Waals surface area contributed by atoms with E-state index in [2.05, 4.69) is 25.5 Å². The number of rotatable bonds is 9. The van der Waals surface area contributed by atoms with Crippen molar-refractivity contribution in [2.45, 2.75) is 6.61 Å². The average molecular weight is 485 g/mol. The second-order valence-corrected chi connectivity index (χ2v) is 7.62. The molecule has 4 aromatic rings. The molecule has 0 aliphatic rings. The largest absolute Gasteiger partial charge is 0.493 e. The number of nitrogens with one attached hydrogen (secondary N) is 2. The van der Waals surface area contributed by atoms with Gasteiger partial charge >= 0.3 is 5.97 Å². The smallest absolute Gasteiger partial charge is 0.337 e. The van der Waals surface area contributed by atoms with Gasteiger partial charge in [0.05, 0.1) is 31.7 Å². The lowest BCUT2D eigenvalue weighted by Gasteiger charge is -2.11. The summed E-state index contributed by atoms with van der Waals surface area (Å²) in [6.07, 6.45) is 1.47. The normalized spacial score (nSPS) is 10.7. The number of benzene rings is 3. The molecule has 0 aliphatic carbocycles. The molecular weight excluding hydrogens is 460 g/mol. The highest BCUT2D eigenvalue weighted by atomic mass is 16.5. The van der Waals surface area contributed by atoms with Gasteiger partial charge in [-0.05, 0) is 47.5 Å². The molecule has 1 heterocycles. The maximum Gasteiger partial charge on any atom is 0.337 e. The number of amides is 1. The highest BCUT2D eigenvalue weighted by molar-refractivity contribution is 5.94. The Morgan fingerprint density at radius 3 is 2.47 bits per heavy atom. The number of methoxy groups -OCH3 is 2. The van der Waals surface area contributed by atoms with Crippen LogP contribution in [-0.4, -0.2) is 42.5 Å². The standard InChI is InChI=1S/C27H24N4O5/c1-34-25-14-21(12-13-24(25)36-17-19-6-4-3-5-7-19)22-15-23(30-29-22)26(32)31-28-16-18-8-10-20(11-9-18)27(33)35-2/h3-16H,17H2,1-2H3,(H,29,30)(H,31,32)/b28-16+. The number of hydrogen-bond acceptors (Lipinski definition) is 7. The number of nitrogens with zero attached hydrogens (tertiary/aromatic N) is 2. The lowest BCUT2D eigenvalue weighted by Crippen LogP contribution is -2.18. The van der Waals surface area contributed by atoms with E-state index in [1.165, 1.54) is 13.3 Å². The molecule has 2 N–H and O–H groups in total. The minimum absolute atomic E-state index is 0.242. The van der Waals surface area contributed by atoms with Gasteiger partial charge in [-0.1, -0.05) is 42.5 Å². The van der Waals surface area contributed by atoms with E-state index in [4.69, 9.17) is 9.47 Å². The van der Waals surface area contributed by atoms with Crippen LogP contribution in [0.1, 0.15) is 32.0 Å².